The summed E-state index contributed by atoms with van der Waals surface area (Å²) in [4.78, 5) is 30.4. The predicted octanol–water partition coefficient (Wildman–Crippen LogP) is 5.46. The average Bonchev–Trinajstić information content (AvgIpc) is 3.44. The van der Waals surface area contributed by atoms with E-state index in [4.69, 9.17) is 4.74 Å². The van der Waals surface area contributed by atoms with Crippen LogP contribution in [0.1, 0.15) is 36.0 Å². The number of benzene rings is 3. The van der Waals surface area contributed by atoms with Gasteiger partial charge in [0.25, 0.3) is 0 Å². The number of amides is 2. The summed E-state index contributed by atoms with van der Waals surface area (Å²) in [5, 5.41) is 9.93. The molecule has 7 heteroatoms. The monoisotopic (exact) mass is 556 g/mol. The lowest BCUT2D eigenvalue weighted by molar-refractivity contribution is -0.137. The molecule has 2 amide bonds. The van der Waals surface area contributed by atoms with Gasteiger partial charge in [-0.1, -0.05) is 104 Å². The summed E-state index contributed by atoms with van der Waals surface area (Å²) >= 11 is 1.79. The van der Waals surface area contributed by atoms with E-state index >= 15 is 0 Å². The van der Waals surface area contributed by atoms with Gasteiger partial charge in [-0.15, -0.1) is 11.8 Å². The molecule has 2 fully saturated rings. The molecule has 2 aliphatic heterocycles. The lowest BCUT2D eigenvalue weighted by Gasteiger charge is -2.37. The molecule has 6 nitrogen and oxygen atoms in total. The van der Waals surface area contributed by atoms with Crippen LogP contribution in [0.5, 0.6) is 0 Å². The van der Waals surface area contributed by atoms with Crippen LogP contribution in [0, 0.1) is 0 Å². The highest BCUT2D eigenvalue weighted by atomic mass is 32.2. The second-order valence-electron chi connectivity index (χ2n) is 10.3. The summed E-state index contributed by atoms with van der Waals surface area (Å²) in [5.74, 6) is -0.0738. The summed E-state index contributed by atoms with van der Waals surface area (Å²) in [6, 6.07) is 30.7. The minimum atomic E-state index is -0.620. The molecular formula is C33H36N2O4S. The zero-order valence-electron chi connectivity index (χ0n) is 22.6. The van der Waals surface area contributed by atoms with Crippen molar-refractivity contribution < 1.29 is 19.4 Å². The first kappa shape index (κ1) is 28.0. The van der Waals surface area contributed by atoms with Crippen LogP contribution in [0.4, 0.5) is 4.79 Å². The van der Waals surface area contributed by atoms with Crippen molar-refractivity contribution >= 4 is 23.8 Å². The first-order chi connectivity index (χ1) is 19.5. The third-order valence-electron chi connectivity index (χ3n) is 7.77. The van der Waals surface area contributed by atoms with Crippen molar-refractivity contribution in [2.45, 2.75) is 41.4 Å². The van der Waals surface area contributed by atoms with Crippen LogP contribution in [-0.2, 0) is 14.3 Å². The van der Waals surface area contributed by atoms with Crippen molar-refractivity contribution in [2.24, 2.45) is 0 Å². The Bertz CT molecular complexity index is 1180. The number of carbonyl (C=O) groups excluding carboxylic acids is 2. The Kier molecular flexibility index (Phi) is 8.92. The number of aliphatic hydroxyl groups is 1. The summed E-state index contributed by atoms with van der Waals surface area (Å²) in [7, 11) is 0. The Labute approximate surface area is 240 Å². The Hall–Kier alpha value is -3.55. The molecular weight excluding hydrogens is 520 g/mol. The zero-order valence-corrected chi connectivity index (χ0v) is 23.4. The smallest absolute Gasteiger partial charge is 0.410 e. The lowest BCUT2D eigenvalue weighted by atomic mass is 9.84. The number of hydrogen-bond acceptors (Lipinski definition) is 5. The van der Waals surface area contributed by atoms with Gasteiger partial charge in [-0.3, -0.25) is 9.69 Å². The minimum absolute atomic E-state index is 0.0405. The summed E-state index contributed by atoms with van der Waals surface area (Å²) in [5.41, 5.74) is 3.41. The van der Waals surface area contributed by atoms with Crippen LogP contribution >= 0.6 is 11.8 Å². The van der Waals surface area contributed by atoms with E-state index in [0.29, 0.717) is 38.9 Å². The van der Waals surface area contributed by atoms with Crippen LogP contribution < -0.4 is 0 Å². The molecule has 0 radical (unpaired) electrons. The predicted molar refractivity (Wildman–Crippen MR) is 159 cm³/mol. The molecule has 2 atom stereocenters. The van der Waals surface area contributed by atoms with Gasteiger partial charge in [0, 0.05) is 24.9 Å². The van der Waals surface area contributed by atoms with Crippen molar-refractivity contribution in [3.05, 3.63) is 120 Å². The van der Waals surface area contributed by atoms with E-state index in [9.17, 15) is 14.7 Å². The first-order valence-corrected chi connectivity index (χ1v) is 14.8. The van der Waals surface area contributed by atoms with E-state index in [-0.39, 0.29) is 23.9 Å². The van der Waals surface area contributed by atoms with Gasteiger partial charge >= 0.3 is 6.09 Å². The number of hydrogen-bond donors (Lipinski definition) is 1. The van der Waals surface area contributed by atoms with E-state index < -0.39 is 16.9 Å². The zero-order chi connectivity index (χ0) is 28.0. The molecule has 0 spiro atoms. The van der Waals surface area contributed by atoms with Gasteiger partial charge in [0.1, 0.15) is 12.6 Å². The molecule has 0 unspecified atom stereocenters. The van der Waals surface area contributed by atoms with E-state index in [1.54, 1.807) is 21.6 Å². The average molecular weight is 557 g/mol. The van der Waals surface area contributed by atoms with Gasteiger partial charge in [-0.2, -0.15) is 0 Å². The topological polar surface area (TPSA) is 70.1 Å². The molecule has 0 aromatic heterocycles. The maximum absolute atomic E-state index is 13.8. The summed E-state index contributed by atoms with van der Waals surface area (Å²) in [6.45, 7) is 5.12. The molecule has 2 saturated heterocycles. The fraction of sp³-hybridized carbons (Fsp3) is 0.333. The molecule has 3 aromatic rings. The van der Waals surface area contributed by atoms with Crippen LogP contribution in [0.2, 0.25) is 0 Å². The minimum Gasteiger partial charge on any atom is -0.445 e. The highest BCUT2D eigenvalue weighted by Crippen LogP contribution is 2.52. The number of nitrogens with zero attached hydrogens (tertiary/aromatic N) is 2. The SMILES string of the molecule is C=CCOC(=O)N1C[C@@H](SC(c2ccccc2)(c2ccccc2)c2ccccc2)C[C@H]1C(=O)N1CCC(O)CC1. The van der Waals surface area contributed by atoms with E-state index in [2.05, 4.69) is 79.4 Å². The van der Waals surface area contributed by atoms with Gasteiger partial charge in [-0.25, -0.2) is 4.79 Å². The normalized spacial score (nSPS) is 19.8. The number of rotatable bonds is 8. The van der Waals surface area contributed by atoms with Crippen molar-refractivity contribution in [3.8, 4) is 0 Å². The van der Waals surface area contributed by atoms with Gasteiger partial charge < -0.3 is 14.7 Å². The van der Waals surface area contributed by atoms with E-state index in [0.717, 1.165) is 16.7 Å². The summed E-state index contributed by atoms with van der Waals surface area (Å²) in [6.07, 6.45) is 2.28. The maximum Gasteiger partial charge on any atom is 0.410 e. The number of carbonyl (C=O) groups is 2. The first-order valence-electron chi connectivity index (χ1n) is 13.9. The Morgan fingerprint density at radius 3 is 1.88 bits per heavy atom. The van der Waals surface area contributed by atoms with Crippen molar-refractivity contribution in [3.63, 3.8) is 0 Å². The largest absolute Gasteiger partial charge is 0.445 e. The van der Waals surface area contributed by atoms with Crippen LogP contribution in [0.3, 0.4) is 0 Å². The van der Waals surface area contributed by atoms with Crippen molar-refractivity contribution in [2.75, 3.05) is 26.2 Å². The Morgan fingerprint density at radius 1 is 0.900 bits per heavy atom. The second-order valence-corrected chi connectivity index (χ2v) is 11.9. The fourth-order valence-corrected chi connectivity index (χ4v) is 7.63. The quantitative estimate of drug-likeness (QED) is 0.295. The molecule has 0 saturated carbocycles. The van der Waals surface area contributed by atoms with Crippen LogP contribution in [0.25, 0.3) is 0 Å². The maximum atomic E-state index is 13.8. The highest BCUT2D eigenvalue weighted by Gasteiger charge is 2.47. The Balaban J connectivity index is 1.53. The van der Waals surface area contributed by atoms with E-state index in [1.807, 2.05) is 18.2 Å². The molecule has 40 heavy (non-hydrogen) atoms. The number of likely N-dealkylation sites (tertiary alicyclic amines) is 2. The number of ether oxygens (including phenoxy) is 1. The molecule has 5 rings (SSSR count). The summed E-state index contributed by atoms with van der Waals surface area (Å²) < 4.78 is 4.88. The molecule has 0 bridgehead atoms. The number of piperidine rings is 1. The van der Waals surface area contributed by atoms with Crippen molar-refractivity contribution in [1.29, 1.82) is 0 Å². The highest BCUT2D eigenvalue weighted by molar-refractivity contribution is 8.01. The van der Waals surface area contributed by atoms with E-state index in [1.165, 1.54) is 6.08 Å². The van der Waals surface area contributed by atoms with Gasteiger partial charge in [0.15, 0.2) is 0 Å². The third-order valence-corrected chi connectivity index (χ3v) is 9.50. The Morgan fingerprint density at radius 2 is 1.40 bits per heavy atom. The third kappa shape index (κ3) is 5.81. The van der Waals surface area contributed by atoms with Crippen molar-refractivity contribution in [1.82, 2.24) is 9.80 Å². The van der Waals surface area contributed by atoms with Gasteiger partial charge in [0.2, 0.25) is 5.91 Å². The molecule has 208 valence electrons. The molecule has 2 aliphatic rings. The van der Waals surface area contributed by atoms with Crippen LogP contribution in [-0.4, -0.2) is 70.5 Å². The number of aliphatic hydroxyl groups excluding tert-OH is 1. The standard InChI is InChI=1S/C33H36N2O4S/c1-2-22-39-32(38)35-24-29(23-30(35)31(37)34-20-18-28(36)19-21-34)40-33(25-12-6-3-7-13-25,26-14-8-4-9-15-26)27-16-10-5-11-17-27/h2-17,28-30,36H,1,18-24H2/t29-,30-/m0/s1. The van der Waals surface area contributed by atoms with Gasteiger partial charge in [-0.05, 0) is 36.0 Å². The molecule has 3 aromatic carbocycles. The molecule has 2 heterocycles. The molecule has 1 N–H and O–H groups in total. The molecule has 0 aliphatic carbocycles. The van der Waals surface area contributed by atoms with Crippen LogP contribution in [0.15, 0.2) is 104 Å². The second kappa shape index (κ2) is 12.7. The lowest BCUT2D eigenvalue weighted by Crippen LogP contribution is -2.50. The van der Waals surface area contributed by atoms with Gasteiger partial charge in [0.05, 0.1) is 10.9 Å². The fourth-order valence-electron chi connectivity index (χ4n) is 5.80. The number of thioether (sulfide) groups is 1.